The van der Waals surface area contributed by atoms with Crippen molar-refractivity contribution in [2.45, 2.75) is 26.3 Å². The summed E-state index contributed by atoms with van der Waals surface area (Å²) in [5, 5.41) is 11.6. The number of carbonyl (C=O) groups excluding carboxylic acids is 1. The Morgan fingerprint density at radius 2 is 2.25 bits per heavy atom. The number of furan rings is 1. The predicted molar refractivity (Wildman–Crippen MR) is 61.8 cm³/mol. The van der Waals surface area contributed by atoms with Crippen LogP contribution in [0.15, 0.2) is 22.6 Å². The van der Waals surface area contributed by atoms with E-state index in [9.17, 15) is 4.79 Å². The van der Waals surface area contributed by atoms with Gasteiger partial charge in [0.25, 0.3) is 0 Å². The van der Waals surface area contributed by atoms with E-state index in [0.717, 1.165) is 5.76 Å². The molecule has 1 rings (SSSR count). The zero-order valence-electron chi connectivity index (χ0n) is 9.78. The highest BCUT2D eigenvalue weighted by Gasteiger charge is 2.17. The first-order valence-corrected chi connectivity index (χ1v) is 5.10. The van der Waals surface area contributed by atoms with E-state index in [1.54, 1.807) is 26.0 Å². The van der Waals surface area contributed by atoms with E-state index in [4.69, 9.17) is 9.52 Å². The fraction of sp³-hybridized carbons (Fsp3) is 0.417. The second kappa shape index (κ2) is 4.99. The van der Waals surface area contributed by atoms with Crippen LogP contribution in [0.5, 0.6) is 0 Å². The zero-order valence-corrected chi connectivity index (χ0v) is 9.78. The summed E-state index contributed by atoms with van der Waals surface area (Å²) in [7, 11) is 0. The lowest BCUT2D eigenvalue weighted by Crippen LogP contribution is -2.45. The van der Waals surface area contributed by atoms with E-state index in [-0.39, 0.29) is 12.5 Å². The number of nitrogens with one attached hydrogen (secondary N) is 1. The monoisotopic (exact) mass is 223 g/mol. The Hall–Kier alpha value is -1.55. The molecule has 0 atom stereocenters. The minimum atomic E-state index is -0.611. The molecule has 0 unspecified atom stereocenters. The molecule has 0 aromatic carbocycles. The van der Waals surface area contributed by atoms with E-state index in [1.807, 2.05) is 13.0 Å². The molecule has 0 radical (unpaired) electrons. The average Bonchev–Trinajstić information content (AvgIpc) is 2.61. The molecule has 4 heteroatoms. The summed E-state index contributed by atoms with van der Waals surface area (Å²) in [6, 6.07) is 3.62. The fourth-order valence-electron chi connectivity index (χ4n) is 1.12. The highest BCUT2D eigenvalue weighted by molar-refractivity contribution is 5.91. The third kappa shape index (κ3) is 3.90. The first kappa shape index (κ1) is 12.5. The molecule has 1 heterocycles. The molecule has 1 aromatic heterocycles. The average molecular weight is 223 g/mol. The molecular weight excluding hydrogens is 206 g/mol. The molecule has 1 aromatic rings. The molecule has 0 saturated heterocycles. The normalized spacial score (nSPS) is 12.0. The highest BCUT2D eigenvalue weighted by Crippen LogP contribution is 2.08. The van der Waals surface area contributed by atoms with Crippen molar-refractivity contribution in [3.05, 3.63) is 29.7 Å². The summed E-state index contributed by atoms with van der Waals surface area (Å²) in [4.78, 5) is 11.4. The molecule has 0 aliphatic rings. The van der Waals surface area contributed by atoms with Crippen molar-refractivity contribution in [2.75, 3.05) is 6.61 Å². The topological polar surface area (TPSA) is 62.5 Å². The second-order valence-electron chi connectivity index (χ2n) is 4.31. The van der Waals surface area contributed by atoms with Crippen molar-refractivity contribution < 1.29 is 14.3 Å². The van der Waals surface area contributed by atoms with E-state index in [2.05, 4.69) is 5.32 Å². The van der Waals surface area contributed by atoms with Crippen molar-refractivity contribution >= 4 is 12.0 Å². The van der Waals surface area contributed by atoms with Crippen molar-refractivity contribution in [1.82, 2.24) is 5.32 Å². The van der Waals surface area contributed by atoms with Gasteiger partial charge in [-0.05, 0) is 39.0 Å². The Balaban J connectivity index is 2.55. The van der Waals surface area contributed by atoms with Crippen LogP contribution in [0, 0.1) is 6.92 Å². The quantitative estimate of drug-likeness (QED) is 0.760. The molecule has 0 fully saturated rings. The number of amides is 1. The first-order valence-electron chi connectivity index (χ1n) is 5.10. The van der Waals surface area contributed by atoms with Gasteiger partial charge in [-0.3, -0.25) is 4.79 Å². The van der Waals surface area contributed by atoms with Gasteiger partial charge in [0.2, 0.25) is 5.91 Å². The van der Waals surface area contributed by atoms with Crippen LogP contribution in [0.1, 0.15) is 25.4 Å². The van der Waals surface area contributed by atoms with Crippen molar-refractivity contribution in [2.24, 2.45) is 0 Å². The third-order valence-corrected chi connectivity index (χ3v) is 2.02. The summed E-state index contributed by atoms with van der Waals surface area (Å²) in [6.45, 7) is 5.23. The highest BCUT2D eigenvalue weighted by atomic mass is 16.3. The lowest BCUT2D eigenvalue weighted by atomic mass is 10.1. The molecule has 16 heavy (non-hydrogen) atoms. The molecule has 4 nitrogen and oxygen atoms in total. The summed E-state index contributed by atoms with van der Waals surface area (Å²) in [5.74, 6) is 1.18. The summed E-state index contributed by atoms with van der Waals surface area (Å²) in [5.41, 5.74) is -0.611. The maximum absolute atomic E-state index is 11.4. The van der Waals surface area contributed by atoms with Crippen LogP contribution in [0.4, 0.5) is 0 Å². The van der Waals surface area contributed by atoms with Crippen LogP contribution in [0.2, 0.25) is 0 Å². The Kier molecular flexibility index (Phi) is 3.90. The van der Waals surface area contributed by atoms with Gasteiger partial charge >= 0.3 is 0 Å². The summed E-state index contributed by atoms with van der Waals surface area (Å²) < 4.78 is 5.27. The van der Waals surface area contributed by atoms with Gasteiger partial charge in [-0.1, -0.05) is 0 Å². The number of aliphatic hydroxyl groups is 1. The zero-order chi connectivity index (χ0) is 12.2. The fourth-order valence-corrected chi connectivity index (χ4v) is 1.12. The molecule has 0 aliphatic heterocycles. The SMILES string of the molecule is Cc1ccc(/C=C/C(=O)NC(C)(C)CO)o1. The van der Waals surface area contributed by atoms with Gasteiger partial charge in [0.05, 0.1) is 12.1 Å². The van der Waals surface area contributed by atoms with Gasteiger partial charge in [0, 0.05) is 6.08 Å². The number of aliphatic hydroxyl groups excluding tert-OH is 1. The Morgan fingerprint density at radius 3 is 2.75 bits per heavy atom. The van der Waals surface area contributed by atoms with Crippen molar-refractivity contribution in [3.8, 4) is 0 Å². The molecule has 88 valence electrons. The van der Waals surface area contributed by atoms with Crippen LogP contribution in [-0.4, -0.2) is 23.2 Å². The number of hydrogen-bond donors (Lipinski definition) is 2. The predicted octanol–water partition coefficient (Wildman–Crippen LogP) is 1.49. The largest absolute Gasteiger partial charge is 0.462 e. The second-order valence-corrected chi connectivity index (χ2v) is 4.31. The molecule has 0 spiro atoms. The number of carbonyl (C=O) groups is 1. The van der Waals surface area contributed by atoms with E-state index in [1.165, 1.54) is 6.08 Å². The lowest BCUT2D eigenvalue weighted by Gasteiger charge is -2.22. The van der Waals surface area contributed by atoms with Crippen LogP contribution in [-0.2, 0) is 4.79 Å². The third-order valence-electron chi connectivity index (χ3n) is 2.02. The molecule has 0 saturated carbocycles. The molecule has 2 N–H and O–H groups in total. The lowest BCUT2D eigenvalue weighted by molar-refractivity contribution is -0.118. The minimum absolute atomic E-state index is 0.105. The maximum atomic E-state index is 11.4. The van der Waals surface area contributed by atoms with Gasteiger partial charge in [-0.2, -0.15) is 0 Å². The number of hydrogen-bond acceptors (Lipinski definition) is 3. The molecule has 0 aliphatic carbocycles. The Labute approximate surface area is 95.0 Å². The van der Waals surface area contributed by atoms with E-state index >= 15 is 0 Å². The Morgan fingerprint density at radius 1 is 1.56 bits per heavy atom. The summed E-state index contributed by atoms with van der Waals surface area (Å²) >= 11 is 0. The molecule has 1 amide bonds. The van der Waals surface area contributed by atoms with Crippen LogP contribution in [0.25, 0.3) is 6.08 Å². The van der Waals surface area contributed by atoms with Gasteiger partial charge in [0.1, 0.15) is 11.5 Å². The molecule has 0 bridgehead atoms. The number of rotatable bonds is 4. The standard InChI is InChI=1S/C12H17NO3/c1-9-4-5-10(16-9)6-7-11(15)13-12(2,3)8-14/h4-7,14H,8H2,1-3H3,(H,13,15)/b7-6+. The van der Waals surface area contributed by atoms with Crippen LogP contribution in [0.3, 0.4) is 0 Å². The van der Waals surface area contributed by atoms with Crippen molar-refractivity contribution in [1.29, 1.82) is 0 Å². The van der Waals surface area contributed by atoms with Gasteiger partial charge in [-0.25, -0.2) is 0 Å². The number of aryl methyl sites for hydroxylation is 1. The van der Waals surface area contributed by atoms with E-state index in [0.29, 0.717) is 5.76 Å². The van der Waals surface area contributed by atoms with Gasteiger partial charge in [0.15, 0.2) is 0 Å². The molecular formula is C12H17NO3. The van der Waals surface area contributed by atoms with Crippen molar-refractivity contribution in [3.63, 3.8) is 0 Å². The Bertz CT molecular complexity index is 391. The van der Waals surface area contributed by atoms with E-state index < -0.39 is 5.54 Å². The van der Waals surface area contributed by atoms with Gasteiger partial charge in [-0.15, -0.1) is 0 Å². The summed E-state index contributed by atoms with van der Waals surface area (Å²) in [6.07, 6.45) is 2.98. The smallest absolute Gasteiger partial charge is 0.244 e. The maximum Gasteiger partial charge on any atom is 0.244 e. The van der Waals surface area contributed by atoms with Crippen LogP contribution >= 0.6 is 0 Å². The van der Waals surface area contributed by atoms with Crippen LogP contribution < -0.4 is 5.32 Å². The minimum Gasteiger partial charge on any atom is -0.462 e. The first-order chi connectivity index (χ1) is 7.43. The van der Waals surface area contributed by atoms with Gasteiger partial charge < -0.3 is 14.8 Å².